The van der Waals surface area contributed by atoms with Crippen molar-refractivity contribution >= 4 is 5.97 Å². The number of alkyl halides is 3. The van der Waals surface area contributed by atoms with E-state index in [1.807, 2.05) is 31.2 Å². The number of halogens is 3. The van der Waals surface area contributed by atoms with Crippen LogP contribution < -0.4 is 0 Å². The Hall–Kier alpha value is -2.34. The summed E-state index contributed by atoms with van der Waals surface area (Å²) in [5, 5.41) is 9.53. The summed E-state index contributed by atoms with van der Waals surface area (Å²) in [6, 6.07) is 11.5. The molecule has 1 heterocycles. The number of hydrogen-bond acceptors (Lipinski definition) is 2. The molecule has 6 heteroatoms. The zero-order valence-electron chi connectivity index (χ0n) is 14.3. The molecule has 2 aromatic carbocycles. The fraction of sp³-hybridized carbons (Fsp3) is 0.350. The minimum Gasteiger partial charge on any atom is -0.480 e. The van der Waals surface area contributed by atoms with Crippen LogP contribution in [0, 0.1) is 6.92 Å². The largest absolute Gasteiger partial charge is 0.480 e. The standard InChI is InChI=1S/C20H20F3NO2/c1-13-7-9-14(10-8-13)18(24-11-3-6-17(24)19(25)26)15-4-2-5-16(12-15)20(21,22)23/h2,4-5,7-10,12,17-18H,3,6,11H2,1H3,(H,25,26). The molecule has 0 radical (unpaired) electrons. The number of carboxylic acids is 1. The highest BCUT2D eigenvalue weighted by molar-refractivity contribution is 5.74. The van der Waals surface area contributed by atoms with Crippen molar-refractivity contribution in [3.63, 3.8) is 0 Å². The number of benzene rings is 2. The zero-order chi connectivity index (χ0) is 18.9. The van der Waals surface area contributed by atoms with Gasteiger partial charge in [-0.25, -0.2) is 0 Å². The first-order valence-corrected chi connectivity index (χ1v) is 8.49. The molecule has 0 aliphatic carbocycles. The second-order valence-corrected chi connectivity index (χ2v) is 6.67. The van der Waals surface area contributed by atoms with Crippen molar-refractivity contribution in [2.45, 2.75) is 38.0 Å². The normalized spacial score (nSPS) is 19.5. The number of rotatable bonds is 4. The highest BCUT2D eigenvalue weighted by atomic mass is 19.4. The maximum Gasteiger partial charge on any atom is 0.416 e. The summed E-state index contributed by atoms with van der Waals surface area (Å²) >= 11 is 0. The first-order valence-electron chi connectivity index (χ1n) is 8.49. The van der Waals surface area contributed by atoms with Crippen LogP contribution in [0.5, 0.6) is 0 Å². The zero-order valence-corrected chi connectivity index (χ0v) is 14.3. The molecule has 26 heavy (non-hydrogen) atoms. The maximum atomic E-state index is 13.2. The van der Waals surface area contributed by atoms with E-state index in [0.29, 0.717) is 24.9 Å². The summed E-state index contributed by atoms with van der Waals surface area (Å²) in [5.74, 6) is -0.938. The van der Waals surface area contributed by atoms with E-state index in [1.165, 1.54) is 6.07 Å². The van der Waals surface area contributed by atoms with Gasteiger partial charge in [-0.2, -0.15) is 13.2 Å². The van der Waals surface area contributed by atoms with E-state index in [4.69, 9.17) is 0 Å². The SMILES string of the molecule is Cc1ccc(C(c2cccc(C(F)(F)F)c2)N2CCCC2C(=O)O)cc1. The predicted molar refractivity (Wildman–Crippen MR) is 91.8 cm³/mol. The van der Waals surface area contributed by atoms with Gasteiger partial charge in [-0.15, -0.1) is 0 Å². The Labute approximate surface area is 150 Å². The molecule has 1 aliphatic heterocycles. The van der Waals surface area contributed by atoms with Gasteiger partial charge in [-0.05, 0) is 43.0 Å². The maximum absolute atomic E-state index is 13.2. The lowest BCUT2D eigenvalue weighted by Gasteiger charge is -2.32. The van der Waals surface area contributed by atoms with Crippen LogP contribution in [-0.2, 0) is 11.0 Å². The monoisotopic (exact) mass is 363 g/mol. The molecule has 0 amide bonds. The molecule has 0 bridgehead atoms. The van der Waals surface area contributed by atoms with Gasteiger partial charge >= 0.3 is 12.1 Å². The molecule has 0 spiro atoms. The molecule has 2 unspecified atom stereocenters. The van der Waals surface area contributed by atoms with Crippen LogP contribution in [0.1, 0.15) is 41.1 Å². The van der Waals surface area contributed by atoms with Crippen LogP contribution >= 0.6 is 0 Å². The summed E-state index contributed by atoms with van der Waals surface area (Å²) in [6.07, 6.45) is -3.24. The van der Waals surface area contributed by atoms with E-state index in [0.717, 1.165) is 23.3 Å². The first kappa shape index (κ1) is 18.5. The third-order valence-electron chi connectivity index (χ3n) is 4.83. The Morgan fingerprint density at radius 3 is 2.46 bits per heavy atom. The Kier molecular flexibility index (Phi) is 5.05. The van der Waals surface area contributed by atoms with E-state index < -0.39 is 29.8 Å². The lowest BCUT2D eigenvalue weighted by atomic mass is 9.94. The minimum absolute atomic E-state index is 0.455. The highest BCUT2D eigenvalue weighted by Crippen LogP contribution is 2.37. The molecular weight excluding hydrogens is 343 g/mol. The van der Waals surface area contributed by atoms with E-state index in [1.54, 1.807) is 11.0 Å². The average Bonchev–Trinajstić information content (AvgIpc) is 3.06. The number of likely N-dealkylation sites (tertiary alicyclic amines) is 1. The minimum atomic E-state index is -4.44. The van der Waals surface area contributed by atoms with Gasteiger partial charge in [-0.1, -0.05) is 42.0 Å². The fourth-order valence-corrected chi connectivity index (χ4v) is 3.57. The second kappa shape index (κ2) is 7.11. The molecule has 3 nitrogen and oxygen atoms in total. The van der Waals surface area contributed by atoms with Crippen LogP contribution in [0.3, 0.4) is 0 Å². The average molecular weight is 363 g/mol. The lowest BCUT2D eigenvalue weighted by molar-refractivity contribution is -0.143. The quantitative estimate of drug-likeness (QED) is 0.859. The van der Waals surface area contributed by atoms with Gasteiger partial charge in [0, 0.05) is 6.54 Å². The van der Waals surface area contributed by atoms with E-state index in [-0.39, 0.29) is 0 Å². The van der Waals surface area contributed by atoms with Gasteiger partial charge < -0.3 is 5.11 Å². The third kappa shape index (κ3) is 3.75. The summed E-state index contributed by atoms with van der Waals surface area (Å²) in [4.78, 5) is 13.4. The molecular formula is C20H20F3NO2. The number of hydrogen-bond donors (Lipinski definition) is 1. The van der Waals surface area contributed by atoms with Crippen molar-refractivity contribution in [3.05, 3.63) is 70.8 Å². The van der Waals surface area contributed by atoms with Gasteiger partial charge in [0.15, 0.2) is 0 Å². The van der Waals surface area contributed by atoms with Crippen molar-refractivity contribution in [3.8, 4) is 0 Å². The van der Waals surface area contributed by atoms with Gasteiger partial charge in [0.2, 0.25) is 0 Å². The van der Waals surface area contributed by atoms with E-state index >= 15 is 0 Å². The van der Waals surface area contributed by atoms with Crippen molar-refractivity contribution in [1.82, 2.24) is 4.90 Å². The van der Waals surface area contributed by atoms with E-state index in [9.17, 15) is 23.1 Å². The molecule has 1 saturated heterocycles. The van der Waals surface area contributed by atoms with Crippen molar-refractivity contribution < 1.29 is 23.1 Å². The van der Waals surface area contributed by atoms with Crippen LogP contribution in [0.15, 0.2) is 48.5 Å². The highest BCUT2D eigenvalue weighted by Gasteiger charge is 2.38. The molecule has 1 aliphatic rings. The Bertz CT molecular complexity index is 786. The molecule has 138 valence electrons. The molecule has 3 rings (SSSR count). The molecule has 1 N–H and O–H groups in total. The fourth-order valence-electron chi connectivity index (χ4n) is 3.57. The Morgan fingerprint density at radius 2 is 1.85 bits per heavy atom. The van der Waals surface area contributed by atoms with Crippen molar-refractivity contribution in [2.24, 2.45) is 0 Å². The third-order valence-corrected chi connectivity index (χ3v) is 4.83. The van der Waals surface area contributed by atoms with Crippen LogP contribution in [0.2, 0.25) is 0 Å². The predicted octanol–water partition coefficient (Wildman–Crippen LogP) is 4.65. The van der Waals surface area contributed by atoms with Crippen LogP contribution in [0.25, 0.3) is 0 Å². The van der Waals surface area contributed by atoms with Gasteiger partial charge in [0.05, 0.1) is 11.6 Å². The summed E-state index contributed by atoms with van der Waals surface area (Å²) in [5.41, 5.74) is 1.56. The van der Waals surface area contributed by atoms with Gasteiger partial charge in [0.25, 0.3) is 0 Å². The van der Waals surface area contributed by atoms with Crippen molar-refractivity contribution in [1.29, 1.82) is 0 Å². The van der Waals surface area contributed by atoms with Crippen LogP contribution in [0.4, 0.5) is 13.2 Å². The first-order chi connectivity index (χ1) is 12.3. The topological polar surface area (TPSA) is 40.5 Å². The Morgan fingerprint density at radius 1 is 1.15 bits per heavy atom. The molecule has 2 aromatic rings. The number of aliphatic carboxylic acids is 1. The van der Waals surface area contributed by atoms with Crippen molar-refractivity contribution in [2.75, 3.05) is 6.54 Å². The second-order valence-electron chi connectivity index (χ2n) is 6.67. The number of aryl methyl sites for hydroxylation is 1. The summed E-state index contributed by atoms with van der Waals surface area (Å²) in [6.45, 7) is 2.46. The number of nitrogens with zero attached hydrogens (tertiary/aromatic N) is 1. The van der Waals surface area contributed by atoms with Crippen LogP contribution in [-0.4, -0.2) is 28.6 Å². The summed E-state index contributed by atoms with van der Waals surface area (Å²) < 4.78 is 39.5. The Balaban J connectivity index is 2.09. The molecule has 1 fully saturated rings. The molecule has 0 aromatic heterocycles. The summed E-state index contributed by atoms with van der Waals surface area (Å²) in [7, 11) is 0. The number of carboxylic acid groups (broad SMARTS) is 1. The van der Waals surface area contributed by atoms with Gasteiger partial charge in [0.1, 0.15) is 6.04 Å². The molecule has 0 saturated carbocycles. The number of carbonyl (C=O) groups is 1. The lowest BCUT2D eigenvalue weighted by Crippen LogP contribution is -2.39. The van der Waals surface area contributed by atoms with Gasteiger partial charge in [-0.3, -0.25) is 9.69 Å². The smallest absolute Gasteiger partial charge is 0.416 e. The molecule has 2 atom stereocenters. The van der Waals surface area contributed by atoms with E-state index in [2.05, 4.69) is 0 Å².